The number of carbonyl (C=O) groups is 2. The predicted molar refractivity (Wildman–Crippen MR) is 106 cm³/mol. The lowest BCUT2D eigenvalue weighted by Gasteiger charge is -2.11. The van der Waals surface area contributed by atoms with Crippen LogP contribution in [-0.4, -0.2) is 21.8 Å². The summed E-state index contributed by atoms with van der Waals surface area (Å²) in [6.45, 7) is 0. The number of nitrogens with one attached hydrogen (secondary N) is 2. The Morgan fingerprint density at radius 2 is 1.61 bits per heavy atom. The fourth-order valence-corrected chi connectivity index (χ4v) is 3.27. The number of anilines is 2. The van der Waals surface area contributed by atoms with E-state index >= 15 is 0 Å². The van der Waals surface area contributed by atoms with Crippen molar-refractivity contribution >= 4 is 34.5 Å². The van der Waals surface area contributed by atoms with Crippen LogP contribution in [0.1, 0.15) is 21.0 Å². The normalized spacial score (nSPS) is 10.4. The second-order valence-corrected chi connectivity index (χ2v) is 6.62. The van der Waals surface area contributed by atoms with Crippen molar-refractivity contribution in [1.29, 1.82) is 0 Å². The zero-order valence-electron chi connectivity index (χ0n) is 14.5. The van der Waals surface area contributed by atoms with Crippen LogP contribution in [0.4, 0.5) is 11.4 Å². The Bertz CT molecular complexity index is 1110. The molecule has 4 rings (SSSR count). The minimum absolute atomic E-state index is 0.174. The lowest BCUT2D eigenvalue weighted by Crippen LogP contribution is -2.18. The van der Waals surface area contributed by atoms with Crippen LogP contribution in [0.2, 0.25) is 0 Å². The smallest absolute Gasteiger partial charge is 0.278 e. The first kappa shape index (κ1) is 17.6. The zero-order chi connectivity index (χ0) is 19.3. The second-order valence-electron chi connectivity index (χ2n) is 5.68. The Morgan fingerprint density at radius 3 is 2.29 bits per heavy atom. The molecule has 28 heavy (non-hydrogen) atoms. The second kappa shape index (κ2) is 7.85. The van der Waals surface area contributed by atoms with Gasteiger partial charge in [-0.3, -0.25) is 14.6 Å². The topological polar surface area (TPSA) is 97.1 Å². The van der Waals surface area contributed by atoms with Crippen molar-refractivity contribution < 1.29 is 14.0 Å². The highest BCUT2D eigenvalue weighted by Gasteiger charge is 2.20. The summed E-state index contributed by atoms with van der Waals surface area (Å²) in [5.74, 6) is -0.401. The van der Waals surface area contributed by atoms with Gasteiger partial charge in [0.15, 0.2) is 17.8 Å². The van der Waals surface area contributed by atoms with E-state index in [9.17, 15) is 9.59 Å². The van der Waals surface area contributed by atoms with Crippen molar-refractivity contribution in [2.75, 3.05) is 10.6 Å². The lowest BCUT2D eigenvalue weighted by atomic mass is 10.2. The molecule has 7 nitrogen and oxygen atoms in total. The summed E-state index contributed by atoms with van der Waals surface area (Å²) in [5, 5.41) is 7.43. The highest BCUT2D eigenvalue weighted by Crippen LogP contribution is 2.29. The quantitative estimate of drug-likeness (QED) is 0.529. The number of hydrogen-bond acceptors (Lipinski definition) is 6. The van der Waals surface area contributed by atoms with E-state index in [4.69, 9.17) is 4.42 Å². The summed E-state index contributed by atoms with van der Waals surface area (Å²) in [7, 11) is 0. The molecule has 0 spiro atoms. The van der Waals surface area contributed by atoms with Crippen LogP contribution in [0.3, 0.4) is 0 Å². The van der Waals surface area contributed by atoms with Gasteiger partial charge in [0.2, 0.25) is 0 Å². The number of carbonyl (C=O) groups excluding carboxylic acids is 2. The van der Waals surface area contributed by atoms with Gasteiger partial charge in [-0.2, -0.15) is 0 Å². The molecule has 0 unspecified atom stereocenters. The molecule has 8 heteroatoms. The van der Waals surface area contributed by atoms with Gasteiger partial charge in [0.05, 0.1) is 16.3 Å². The van der Waals surface area contributed by atoms with E-state index in [0.717, 1.165) is 4.88 Å². The van der Waals surface area contributed by atoms with Gasteiger partial charge in [-0.15, -0.1) is 11.3 Å². The first-order valence-corrected chi connectivity index (χ1v) is 9.20. The maximum absolute atomic E-state index is 12.7. The summed E-state index contributed by atoms with van der Waals surface area (Å²) < 4.78 is 5.38. The van der Waals surface area contributed by atoms with Crippen molar-refractivity contribution in [3.63, 3.8) is 0 Å². The molecule has 1 aromatic carbocycles. The van der Waals surface area contributed by atoms with Gasteiger partial charge in [-0.25, -0.2) is 4.98 Å². The van der Waals surface area contributed by atoms with Crippen molar-refractivity contribution in [1.82, 2.24) is 9.97 Å². The summed E-state index contributed by atoms with van der Waals surface area (Å²) in [6, 6.07) is 15.7. The Hall–Kier alpha value is -3.78. The van der Waals surface area contributed by atoms with Crippen molar-refractivity contribution in [3.8, 4) is 10.6 Å². The highest BCUT2D eigenvalue weighted by molar-refractivity contribution is 7.13. The van der Waals surface area contributed by atoms with Crippen molar-refractivity contribution in [2.24, 2.45) is 0 Å². The van der Waals surface area contributed by atoms with Gasteiger partial charge in [-0.05, 0) is 35.7 Å². The molecule has 0 aliphatic rings. The molecule has 2 N–H and O–H groups in total. The van der Waals surface area contributed by atoms with Crippen LogP contribution < -0.4 is 10.6 Å². The average molecular weight is 390 g/mol. The Labute approximate surface area is 164 Å². The minimum atomic E-state index is -0.434. The number of para-hydroxylation sites is 2. The van der Waals surface area contributed by atoms with E-state index < -0.39 is 5.91 Å². The first-order valence-electron chi connectivity index (χ1n) is 8.32. The molecule has 0 aliphatic heterocycles. The first-order chi connectivity index (χ1) is 13.7. The molecular weight excluding hydrogens is 376 g/mol. The SMILES string of the molecule is O=C(Nc1ccccc1NC(=O)c1ncoc1-c1cccs1)c1ccccn1. The van der Waals surface area contributed by atoms with E-state index in [2.05, 4.69) is 20.6 Å². The number of hydrogen-bond donors (Lipinski definition) is 2. The third-order valence-electron chi connectivity index (χ3n) is 3.85. The summed E-state index contributed by atoms with van der Waals surface area (Å²) in [4.78, 5) is 34.0. The molecule has 3 aromatic heterocycles. The van der Waals surface area contributed by atoms with Crippen LogP contribution in [0, 0.1) is 0 Å². The summed E-state index contributed by atoms with van der Waals surface area (Å²) in [6.07, 6.45) is 2.78. The molecule has 138 valence electrons. The van der Waals surface area contributed by atoms with Gasteiger partial charge in [0, 0.05) is 6.20 Å². The van der Waals surface area contributed by atoms with E-state index in [1.807, 2.05) is 17.5 Å². The number of aromatic nitrogens is 2. The number of rotatable bonds is 5. The number of pyridine rings is 1. The van der Waals surface area contributed by atoms with Crippen molar-refractivity contribution in [3.05, 3.63) is 84.0 Å². The molecule has 0 radical (unpaired) electrons. The molecule has 3 heterocycles. The zero-order valence-corrected chi connectivity index (χ0v) is 15.3. The molecule has 0 aliphatic carbocycles. The molecule has 4 aromatic rings. The third kappa shape index (κ3) is 3.67. The van der Waals surface area contributed by atoms with E-state index in [1.54, 1.807) is 48.7 Å². The lowest BCUT2D eigenvalue weighted by molar-refractivity contribution is 0.101. The van der Waals surface area contributed by atoms with Crippen LogP contribution in [-0.2, 0) is 0 Å². The largest absolute Gasteiger partial charge is 0.442 e. The van der Waals surface area contributed by atoms with Crippen molar-refractivity contribution in [2.45, 2.75) is 0 Å². The number of benzene rings is 1. The predicted octanol–water partition coefficient (Wildman–Crippen LogP) is 4.30. The van der Waals surface area contributed by atoms with E-state index in [1.165, 1.54) is 17.7 Å². The van der Waals surface area contributed by atoms with Gasteiger partial charge in [-0.1, -0.05) is 24.3 Å². The molecule has 0 bridgehead atoms. The van der Waals surface area contributed by atoms with Crippen LogP contribution in [0.5, 0.6) is 0 Å². The monoisotopic (exact) mass is 390 g/mol. The standard InChI is InChI=1S/C20H14N4O3S/c25-19(15-8-3-4-10-21-15)23-13-6-1-2-7-14(13)24-20(26)17-18(27-12-22-17)16-9-5-11-28-16/h1-12H,(H,23,25)(H,24,26). The number of amides is 2. The number of nitrogens with zero attached hydrogens (tertiary/aromatic N) is 2. The molecule has 0 saturated carbocycles. The van der Waals surface area contributed by atoms with E-state index in [-0.39, 0.29) is 17.3 Å². The fourth-order valence-electron chi connectivity index (χ4n) is 2.56. The van der Waals surface area contributed by atoms with Gasteiger partial charge < -0.3 is 15.1 Å². The third-order valence-corrected chi connectivity index (χ3v) is 4.72. The Kier molecular flexibility index (Phi) is 4.94. The van der Waals surface area contributed by atoms with E-state index in [0.29, 0.717) is 17.1 Å². The number of thiophene rings is 1. The highest BCUT2D eigenvalue weighted by atomic mass is 32.1. The average Bonchev–Trinajstić information content (AvgIpc) is 3.41. The molecular formula is C20H14N4O3S. The Balaban J connectivity index is 1.56. The van der Waals surface area contributed by atoms with Crippen LogP contribution in [0.25, 0.3) is 10.6 Å². The molecule has 0 saturated heterocycles. The molecule has 0 fully saturated rings. The maximum Gasteiger partial charge on any atom is 0.278 e. The van der Waals surface area contributed by atoms with Gasteiger partial charge in [0.1, 0.15) is 5.69 Å². The summed E-state index contributed by atoms with van der Waals surface area (Å²) in [5.41, 5.74) is 1.35. The fraction of sp³-hybridized carbons (Fsp3) is 0. The molecule has 2 amide bonds. The maximum atomic E-state index is 12.7. The molecule has 0 atom stereocenters. The minimum Gasteiger partial charge on any atom is -0.442 e. The van der Waals surface area contributed by atoms with Crippen LogP contribution >= 0.6 is 11.3 Å². The summed E-state index contributed by atoms with van der Waals surface area (Å²) >= 11 is 1.45. The Morgan fingerprint density at radius 1 is 0.857 bits per heavy atom. The number of oxazole rings is 1. The van der Waals surface area contributed by atoms with Gasteiger partial charge >= 0.3 is 0 Å². The van der Waals surface area contributed by atoms with Gasteiger partial charge in [0.25, 0.3) is 11.8 Å². The van der Waals surface area contributed by atoms with Crippen LogP contribution in [0.15, 0.2) is 77.0 Å².